The summed E-state index contributed by atoms with van der Waals surface area (Å²) < 4.78 is 0. The van der Waals surface area contributed by atoms with Crippen molar-refractivity contribution < 1.29 is 9.90 Å². The third-order valence-electron chi connectivity index (χ3n) is 3.19. The molecule has 2 heterocycles. The van der Waals surface area contributed by atoms with Gasteiger partial charge in [-0.3, -0.25) is 4.79 Å². The van der Waals surface area contributed by atoms with Crippen LogP contribution in [-0.4, -0.2) is 29.1 Å². The number of carboxylic acid groups (broad SMARTS) is 1. The molecule has 5 nitrogen and oxygen atoms in total. The molecule has 1 saturated heterocycles. The van der Waals surface area contributed by atoms with Gasteiger partial charge in [0.15, 0.2) is 0 Å². The van der Waals surface area contributed by atoms with Gasteiger partial charge in [-0.1, -0.05) is 0 Å². The van der Waals surface area contributed by atoms with Crippen molar-refractivity contribution >= 4 is 11.7 Å². The lowest BCUT2D eigenvalue weighted by molar-refractivity contribution is -0.141. The van der Waals surface area contributed by atoms with Gasteiger partial charge in [-0.05, 0) is 31.9 Å². The van der Waals surface area contributed by atoms with E-state index in [-0.39, 0.29) is 5.92 Å². The zero-order valence-corrected chi connectivity index (χ0v) is 10.3. The SMILES string of the molecule is Cc1cc(N2CCCC(C(=O)O)C2)cc(C#N)n1. The molecular formula is C13H15N3O2. The lowest BCUT2D eigenvalue weighted by atomic mass is 9.98. The van der Waals surface area contributed by atoms with Crippen molar-refractivity contribution in [1.29, 1.82) is 5.26 Å². The van der Waals surface area contributed by atoms with Crippen LogP contribution in [0.5, 0.6) is 0 Å². The van der Waals surface area contributed by atoms with Gasteiger partial charge in [0.05, 0.1) is 5.92 Å². The number of hydrogen-bond donors (Lipinski definition) is 1. The van der Waals surface area contributed by atoms with E-state index in [1.807, 2.05) is 24.0 Å². The van der Waals surface area contributed by atoms with Gasteiger partial charge in [-0.15, -0.1) is 0 Å². The number of aryl methyl sites for hydroxylation is 1. The molecule has 0 bridgehead atoms. The maximum Gasteiger partial charge on any atom is 0.308 e. The molecule has 1 aromatic rings. The van der Waals surface area contributed by atoms with Gasteiger partial charge in [-0.2, -0.15) is 5.26 Å². The number of carbonyl (C=O) groups is 1. The first-order valence-corrected chi connectivity index (χ1v) is 5.96. The number of pyridine rings is 1. The summed E-state index contributed by atoms with van der Waals surface area (Å²) in [5.74, 6) is -1.07. The number of piperidine rings is 1. The van der Waals surface area contributed by atoms with Gasteiger partial charge >= 0.3 is 5.97 Å². The van der Waals surface area contributed by atoms with E-state index >= 15 is 0 Å². The van der Waals surface area contributed by atoms with E-state index in [0.717, 1.165) is 30.8 Å². The van der Waals surface area contributed by atoms with Crippen molar-refractivity contribution in [3.8, 4) is 6.07 Å². The van der Waals surface area contributed by atoms with Crippen LogP contribution in [0.2, 0.25) is 0 Å². The summed E-state index contributed by atoms with van der Waals surface area (Å²) in [6.07, 6.45) is 1.58. The average Bonchev–Trinajstić information content (AvgIpc) is 2.38. The van der Waals surface area contributed by atoms with Gasteiger partial charge in [0, 0.05) is 24.5 Å². The van der Waals surface area contributed by atoms with Gasteiger partial charge < -0.3 is 10.0 Å². The fourth-order valence-corrected chi connectivity index (χ4v) is 2.30. The highest BCUT2D eigenvalue weighted by molar-refractivity contribution is 5.71. The van der Waals surface area contributed by atoms with Crippen LogP contribution in [0, 0.1) is 24.2 Å². The van der Waals surface area contributed by atoms with Crippen molar-refractivity contribution in [2.45, 2.75) is 19.8 Å². The Kier molecular flexibility index (Phi) is 3.47. The molecule has 1 N–H and O–H groups in total. The van der Waals surface area contributed by atoms with E-state index in [9.17, 15) is 4.79 Å². The van der Waals surface area contributed by atoms with Crippen LogP contribution in [0.1, 0.15) is 24.2 Å². The largest absolute Gasteiger partial charge is 0.481 e. The summed E-state index contributed by atoms with van der Waals surface area (Å²) in [5.41, 5.74) is 2.05. The molecule has 1 fully saturated rings. The molecule has 1 unspecified atom stereocenters. The molecule has 94 valence electrons. The number of hydrogen-bond acceptors (Lipinski definition) is 4. The maximum atomic E-state index is 11.0. The number of nitriles is 1. The Morgan fingerprint density at radius 3 is 3.06 bits per heavy atom. The molecule has 1 aromatic heterocycles. The van der Waals surface area contributed by atoms with Gasteiger partial charge in [0.25, 0.3) is 0 Å². The van der Waals surface area contributed by atoms with Crippen LogP contribution in [0.3, 0.4) is 0 Å². The quantitative estimate of drug-likeness (QED) is 0.855. The van der Waals surface area contributed by atoms with Crippen molar-refractivity contribution in [1.82, 2.24) is 4.98 Å². The molecule has 0 saturated carbocycles. The summed E-state index contributed by atoms with van der Waals surface area (Å²) in [4.78, 5) is 17.2. The Balaban J connectivity index is 2.23. The first kappa shape index (κ1) is 12.4. The highest BCUT2D eigenvalue weighted by atomic mass is 16.4. The molecular weight excluding hydrogens is 230 g/mol. The predicted octanol–water partition coefficient (Wildman–Crippen LogP) is 1.56. The fourth-order valence-electron chi connectivity index (χ4n) is 2.30. The molecule has 2 rings (SSSR count). The molecule has 18 heavy (non-hydrogen) atoms. The van der Waals surface area contributed by atoms with Crippen molar-refractivity contribution in [3.63, 3.8) is 0 Å². The van der Waals surface area contributed by atoms with Crippen molar-refractivity contribution in [3.05, 3.63) is 23.5 Å². The third kappa shape index (κ3) is 2.59. The van der Waals surface area contributed by atoms with Crippen LogP contribution in [0.25, 0.3) is 0 Å². The topological polar surface area (TPSA) is 77.2 Å². The number of nitrogens with zero attached hydrogens (tertiary/aromatic N) is 3. The Morgan fingerprint density at radius 2 is 2.39 bits per heavy atom. The highest BCUT2D eigenvalue weighted by Crippen LogP contribution is 2.24. The molecule has 1 aliphatic rings. The first-order valence-electron chi connectivity index (χ1n) is 5.96. The number of aromatic nitrogens is 1. The van der Waals surface area contributed by atoms with Crippen LogP contribution in [-0.2, 0) is 4.79 Å². The first-order chi connectivity index (χ1) is 8.60. The second kappa shape index (κ2) is 5.05. The minimum absolute atomic E-state index is 0.322. The highest BCUT2D eigenvalue weighted by Gasteiger charge is 2.25. The predicted molar refractivity (Wildman–Crippen MR) is 66.3 cm³/mol. The Bertz CT molecular complexity index is 507. The smallest absolute Gasteiger partial charge is 0.308 e. The minimum atomic E-state index is -0.744. The summed E-state index contributed by atoms with van der Waals surface area (Å²) in [6.45, 7) is 3.17. The average molecular weight is 245 g/mol. The van der Waals surface area contributed by atoms with Crippen LogP contribution < -0.4 is 4.90 Å². The van der Waals surface area contributed by atoms with E-state index in [2.05, 4.69) is 4.98 Å². The Labute approximate surface area is 106 Å². The zero-order valence-electron chi connectivity index (χ0n) is 10.3. The molecule has 1 atom stereocenters. The van der Waals surface area contributed by atoms with Gasteiger partial charge in [-0.25, -0.2) is 4.98 Å². The maximum absolute atomic E-state index is 11.0. The fraction of sp³-hybridized carbons (Fsp3) is 0.462. The number of anilines is 1. The second-order valence-corrected chi connectivity index (χ2v) is 4.59. The van der Waals surface area contributed by atoms with Crippen LogP contribution >= 0.6 is 0 Å². The lowest BCUT2D eigenvalue weighted by Crippen LogP contribution is -2.38. The number of aliphatic carboxylic acids is 1. The lowest BCUT2D eigenvalue weighted by Gasteiger charge is -2.32. The van der Waals surface area contributed by atoms with E-state index in [4.69, 9.17) is 10.4 Å². The van der Waals surface area contributed by atoms with Gasteiger partial charge in [0.2, 0.25) is 0 Å². The molecule has 0 spiro atoms. The standard InChI is InChI=1S/C13H15N3O2/c1-9-5-12(6-11(7-14)15-9)16-4-2-3-10(8-16)13(17)18/h5-6,10H,2-4,8H2,1H3,(H,17,18). The van der Waals surface area contributed by atoms with E-state index in [0.29, 0.717) is 12.2 Å². The van der Waals surface area contributed by atoms with Crippen molar-refractivity contribution in [2.75, 3.05) is 18.0 Å². The minimum Gasteiger partial charge on any atom is -0.481 e. The summed E-state index contributed by atoms with van der Waals surface area (Å²) in [5, 5.41) is 18.0. The van der Waals surface area contributed by atoms with E-state index in [1.165, 1.54) is 0 Å². The molecule has 1 aliphatic heterocycles. The summed E-state index contributed by atoms with van der Waals surface area (Å²) >= 11 is 0. The third-order valence-corrected chi connectivity index (χ3v) is 3.19. The summed E-state index contributed by atoms with van der Waals surface area (Å²) in [6, 6.07) is 5.64. The number of rotatable bonds is 2. The van der Waals surface area contributed by atoms with Crippen molar-refractivity contribution in [2.24, 2.45) is 5.92 Å². The molecule has 5 heteroatoms. The Hall–Kier alpha value is -2.09. The zero-order chi connectivity index (χ0) is 13.1. The van der Waals surface area contributed by atoms with Gasteiger partial charge in [0.1, 0.15) is 11.8 Å². The normalized spacial score (nSPS) is 19.3. The molecule has 0 aromatic carbocycles. The van der Waals surface area contributed by atoms with Crippen LogP contribution in [0.4, 0.5) is 5.69 Å². The second-order valence-electron chi connectivity index (χ2n) is 4.59. The van der Waals surface area contributed by atoms with E-state index in [1.54, 1.807) is 6.07 Å². The van der Waals surface area contributed by atoms with Crippen LogP contribution in [0.15, 0.2) is 12.1 Å². The molecule has 0 amide bonds. The molecule has 0 aliphatic carbocycles. The summed E-state index contributed by atoms with van der Waals surface area (Å²) in [7, 11) is 0. The monoisotopic (exact) mass is 245 g/mol. The number of carboxylic acids is 1. The van der Waals surface area contributed by atoms with E-state index < -0.39 is 5.97 Å². The molecule has 0 radical (unpaired) electrons. The Morgan fingerprint density at radius 1 is 1.61 bits per heavy atom.